The molecule has 0 aromatic heterocycles. The number of halogens is 1. The van der Waals surface area contributed by atoms with E-state index in [-0.39, 0.29) is 24.0 Å². The van der Waals surface area contributed by atoms with Crippen LogP contribution < -0.4 is 24.0 Å². The summed E-state index contributed by atoms with van der Waals surface area (Å²) in [5.74, 6) is 0. The van der Waals surface area contributed by atoms with Crippen LogP contribution in [-0.2, 0) is 0 Å². The van der Waals surface area contributed by atoms with Gasteiger partial charge >= 0.3 is 0 Å². The second-order valence-corrected chi connectivity index (χ2v) is 5.73. The Bertz CT molecular complexity index is 154. The molecule has 0 saturated carbocycles. The lowest BCUT2D eigenvalue weighted by molar-refractivity contribution is -0.929. The molecule has 0 amide bonds. The maximum Gasteiger partial charge on any atom is 0.0787 e. The molecule has 0 saturated heterocycles. The molecular formula is C16H36INO. The third kappa shape index (κ3) is 11.0. The van der Waals surface area contributed by atoms with Gasteiger partial charge in [-0.15, -0.1) is 0 Å². The van der Waals surface area contributed by atoms with E-state index in [1.807, 2.05) is 0 Å². The summed E-state index contributed by atoms with van der Waals surface area (Å²) in [7, 11) is 0. The minimum Gasteiger partial charge on any atom is -1.00 e. The quantitative estimate of drug-likeness (QED) is 0.285. The van der Waals surface area contributed by atoms with E-state index in [9.17, 15) is 0 Å². The molecule has 0 aromatic rings. The summed E-state index contributed by atoms with van der Waals surface area (Å²) >= 11 is 0. The van der Waals surface area contributed by atoms with Crippen molar-refractivity contribution in [1.29, 1.82) is 0 Å². The predicted molar refractivity (Wildman–Crippen MR) is 80.8 cm³/mol. The molecule has 0 aliphatic heterocycles. The summed E-state index contributed by atoms with van der Waals surface area (Å²) in [6, 6.07) is 0. The van der Waals surface area contributed by atoms with Crippen LogP contribution >= 0.6 is 0 Å². The van der Waals surface area contributed by atoms with E-state index in [4.69, 9.17) is 5.11 Å². The molecule has 0 aliphatic rings. The minimum absolute atomic E-state index is 0. The Morgan fingerprint density at radius 3 is 1.32 bits per heavy atom. The van der Waals surface area contributed by atoms with Crippen LogP contribution in [-0.4, -0.2) is 42.4 Å². The topological polar surface area (TPSA) is 20.2 Å². The van der Waals surface area contributed by atoms with Crippen molar-refractivity contribution in [1.82, 2.24) is 0 Å². The molecule has 0 aromatic carbocycles. The molecule has 19 heavy (non-hydrogen) atoms. The standard InChI is InChI=1S/C16H36NO.HI/c1-4-7-12-17(13-8-5-2,14-9-6-3)15-10-11-16-18;/h18H,4-16H2,1-3H3;1H/q+1;/p-1. The van der Waals surface area contributed by atoms with E-state index in [1.54, 1.807) is 0 Å². The van der Waals surface area contributed by atoms with Gasteiger partial charge in [-0.1, -0.05) is 40.0 Å². The van der Waals surface area contributed by atoms with Gasteiger partial charge in [-0.05, 0) is 32.1 Å². The Morgan fingerprint density at radius 1 is 0.632 bits per heavy atom. The van der Waals surface area contributed by atoms with Crippen molar-refractivity contribution in [2.45, 2.75) is 72.1 Å². The third-order valence-electron chi connectivity index (χ3n) is 4.00. The zero-order valence-electron chi connectivity index (χ0n) is 13.5. The average molecular weight is 385 g/mol. The van der Waals surface area contributed by atoms with Gasteiger partial charge in [0.05, 0.1) is 26.2 Å². The molecule has 2 nitrogen and oxygen atoms in total. The molecule has 1 N–H and O–H groups in total. The number of aliphatic hydroxyl groups excluding tert-OH is 1. The van der Waals surface area contributed by atoms with Crippen molar-refractivity contribution < 1.29 is 33.6 Å². The number of hydrogen-bond acceptors (Lipinski definition) is 1. The highest BCUT2D eigenvalue weighted by Gasteiger charge is 2.24. The number of quaternary nitrogens is 1. The lowest BCUT2D eigenvalue weighted by Crippen LogP contribution is -3.00. The third-order valence-corrected chi connectivity index (χ3v) is 4.00. The Morgan fingerprint density at radius 2 is 1.00 bits per heavy atom. The Hall–Kier alpha value is 0.650. The molecule has 118 valence electrons. The van der Waals surface area contributed by atoms with Gasteiger partial charge < -0.3 is 33.6 Å². The molecule has 0 heterocycles. The van der Waals surface area contributed by atoms with E-state index in [1.165, 1.54) is 75.6 Å². The maximum atomic E-state index is 8.98. The van der Waals surface area contributed by atoms with Crippen molar-refractivity contribution >= 4 is 0 Å². The first-order chi connectivity index (χ1) is 8.74. The fourth-order valence-corrected chi connectivity index (χ4v) is 2.71. The summed E-state index contributed by atoms with van der Waals surface area (Å²) in [5, 5.41) is 8.98. The van der Waals surface area contributed by atoms with Gasteiger partial charge in [-0.2, -0.15) is 0 Å². The summed E-state index contributed by atoms with van der Waals surface area (Å²) in [6.07, 6.45) is 10.1. The lowest BCUT2D eigenvalue weighted by Gasteiger charge is -2.39. The van der Waals surface area contributed by atoms with Crippen LogP contribution in [0.1, 0.15) is 72.1 Å². The van der Waals surface area contributed by atoms with Gasteiger partial charge in [0.15, 0.2) is 0 Å². The van der Waals surface area contributed by atoms with E-state index < -0.39 is 0 Å². The number of aliphatic hydroxyl groups is 1. The van der Waals surface area contributed by atoms with Crippen LogP contribution in [0.3, 0.4) is 0 Å². The largest absolute Gasteiger partial charge is 1.00 e. The molecule has 3 heteroatoms. The van der Waals surface area contributed by atoms with E-state index in [0.717, 1.165) is 6.42 Å². The van der Waals surface area contributed by atoms with Gasteiger partial charge in [0.2, 0.25) is 0 Å². The zero-order chi connectivity index (χ0) is 13.7. The highest BCUT2D eigenvalue weighted by molar-refractivity contribution is 4.50. The smallest absolute Gasteiger partial charge is 0.0787 e. The van der Waals surface area contributed by atoms with Crippen LogP contribution in [0.5, 0.6) is 0 Å². The fourth-order valence-electron chi connectivity index (χ4n) is 2.71. The Balaban J connectivity index is 0. The predicted octanol–water partition coefficient (Wildman–Crippen LogP) is 0.980. The van der Waals surface area contributed by atoms with E-state index in [2.05, 4.69) is 20.8 Å². The summed E-state index contributed by atoms with van der Waals surface area (Å²) in [5.41, 5.74) is 0. The second kappa shape index (κ2) is 15.0. The SMILES string of the molecule is CCCC[N+](CCCC)(CCCC)CCCCO.[I-]. The monoisotopic (exact) mass is 385 g/mol. The zero-order valence-corrected chi connectivity index (χ0v) is 15.6. The first-order valence-corrected chi connectivity index (χ1v) is 8.20. The summed E-state index contributed by atoms with van der Waals surface area (Å²) < 4.78 is 1.32. The first-order valence-electron chi connectivity index (χ1n) is 8.20. The van der Waals surface area contributed by atoms with Crippen molar-refractivity contribution in [2.75, 3.05) is 32.8 Å². The molecule has 0 spiro atoms. The summed E-state index contributed by atoms with van der Waals surface area (Å²) in [6.45, 7) is 12.6. The van der Waals surface area contributed by atoms with Gasteiger partial charge in [-0.25, -0.2) is 0 Å². The van der Waals surface area contributed by atoms with Crippen LogP contribution in [0, 0.1) is 0 Å². The van der Waals surface area contributed by atoms with Crippen LogP contribution in [0.15, 0.2) is 0 Å². The number of hydrogen-bond donors (Lipinski definition) is 1. The fraction of sp³-hybridized carbons (Fsp3) is 1.00. The number of unbranched alkanes of at least 4 members (excludes halogenated alkanes) is 4. The van der Waals surface area contributed by atoms with Crippen LogP contribution in [0.25, 0.3) is 0 Å². The number of nitrogens with zero attached hydrogens (tertiary/aromatic N) is 1. The van der Waals surface area contributed by atoms with E-state index >= 15 is 0 Å². The molecule has 0 radical (unpaired) electrons. The van der Waals surface area contributed by atoms with Crippen LogP contribution in [0.2, 0.25) is 0 Å². The minimum atomic E-state index is 0. The molecule has 0 atom stereocenters. The van der Waals surface area contributed by atoms with Gasteiger partial charge in [0.1, 0.15) is 0 Å². The molecular weight excluding hydrogens is 349 g/mol. The number of rotatable bonds is 13. The molecule has 0 rings (SSSR count). The molecule has 0 unspecified atom stereocenters. The van der Waals surface area contributed by atoms with Crippen molar-refractivity contribution in [3.8, 4) is 0 Å². The highest BCUT2D eigenvalue weighted by Crippen LogP contribution is 2.16. The molecule has 0 aliphatic carbocycles. The van der Waals surface area contributed by atoms with Gasteiger partial charge in [0, 0.05) is 6.61 Å². The van der Waals surface area contributed by atoms with E-state index in [0.29, 0.717) is 6.61 Å². The first kappa shape index (κ1) is 21.9. The highest BCUT2D eigenvalue weighted by atomic mass is 127. The summed E-state index contributed by atoms with van der Waals surface area (Å²) in [4.78, 5) is 0. The molecule has 0 fully saturated rings. The van der Waals surface area contributed by atoms with Crippen molar-refractivity contribution in [3.05, 3.63) is 0 Å². The maximum absolute atomic E-state index is 8.98. The Kier molecular flexibility index (Phi) is 17.4. The second-order valence-electron chi connectivity index (χ2n) is 5.73. The van der Waals surface area contributed by atoms with Crippen LogP contribution in [0.4, 0.5) is 0 Å². The Labute approximate surface area is 138 Å². The van der Waals surface area contributed by atoms with Gasteiger partial charge in [0.25, 0.3) is 0 Å². The lowest BCUT2D eigenvalue weighted by atomic mass is 10.1. The normalized spacial score (nSPS) is 11.4. The average Bonchev–Trinajstić information content (AvgIpc) is 2.40. The van der Waals surface area contributed by atoms with Crippen molar-refractivity contribution in [2.24, 2.45) is 0 Å². The molecule has 0 bridgehead atoms. The van der Waals surface area contributed by atoms with Gasteiger partial charge in [-0.3, -0.25) is 0 Å². The van der Waals surface area contributed by atoms with Crippen molar-refractivity contribution in [3.63, 3.8) is 0 Å².